The summed E-state index contributed by atoms with van der Waals surface area (Å²) in [4.78, 5) is 17.2. The predicted molar refractivity (Wildman–Crippen MR) is 85.8 cm³/mol. The van der Waals surface area contributed by atoms with Gasteiger partial charge in [-0.3, -0.25) is 9.78 Å². The van der Waals surface area contributed by atoms with Crippen LogP contribution in [0.3, 0.4) is 0 Å². The van der Waals surface area contributed by atoms with E-state index in [1.165, 1.54) is 6.33 Å². The molecule has 7 nitrogen and oxygen atoms in total. The summed E-state index contributed by atoms with van der Waals surface area (Å²) in [5, 5.41) is 14.4. The second-order valence-corrected chi connectivity index (χ2v) is 6.46. The minimum absolute atomic E-state index is 0.0628. The first kappa shape index (κ1) is 15.6. The monoisotopic (exact) mass is 314 g/mol. The Balaban J connectivity index is 1.86. The quantitative estimate of drug-likeness (QED) is 0.937. The number of nitrogens with zero attached hydrogens (tertiary/aromatic N) is 5. The molecule has 1 N–H and O–H groups in total. The maximum atomic E-state index is 13.0. The van der Waals surface area contributed by atoms with Gasteiger partial charge in [-0.05, 0) is 40.8 Å². The van der Waals surface area contributed by atoms with Gasteiger partial charge in [-0.15, -0.1) is 5.10 Å². The molecule has 1 amide bonds. The lowest BCUT2D eigenvalue weighted by Gasteiger charge is -2.35. The van der Waals surface area contributed by atoms with E-state index in [0.29, 0.717) is 5.92 Å². The molecule has 0 aliphatic heterocycles. The third-order valence-electron chi connectivity index (χ3n) is 4.57. The van der Waals surface area contributed by atoms with Crippen LogP contribution >= 0.6 is 0 Å². The minimum atomic E-state index is -0.699. The van der Waals surface area contributed by atoms with Crippen molar-refractivity contribution in [3.05, 3.63) is 30.4 Å². The Morgan fingerprint density at radius 3 is 2.70 bits per heavy atom. The molecule has 0 unspecified atom stereocenters. The first-order valence-electron chi connectivity index (χ1n) is 8.12. The number of carbonyl (C=O) groups excluding carboxylic acids is 1. The first-order chi connectivity index (χ1) is 11.1. The van der Waals surface area contributed by atoms with Crippen LogP contribution in [-0.4, -0.2) is 31.1 Å². The highest BCUT2D eigenvalue weighted by Gasteiger charge is 2.42. The lowest BCUT2D eigenvalue weighted by Crippen LogP contribution is -2.47. The molecule has 0 radical (unpaired) electrons. The Hall–Kier alpha value is -2.31. The third-order valence-corrected chi connectivity index (χ3v) is 4.57. The number of hydrogen-bond acceptors (Lipinski definition) is 5. The van der Waals surface area contributed by atoms with Crippen LogP contribution in [0.2, 0.25) is 0 Å². The normalized spacial score (nSPS) is 17.2. The number of amides is 1. The molecule has 0 saturated heterocycles. The van der Waals surface area contributed by atoms with E-state index < -0.39 is 5.54 Å². The van der Waals surface area contributed by atoms with Crippen molar-refractivity contribution < 1.29 is 4.79 Å². The fraction of sp³-hybridized carbons (Fsp3) is 0.562. The van der Waals surface area contributed by atoms with Gasteiger partial charge in [0.05, 0.1) is 11.9 Å². The Morgan fingerprint density at radius 2 is 2.04 bits per heavy atom. The Morgan fingerprint density at radius 1 is 1.26 bits per heavy atom. The predicted octanol–water partition coefficient (Wildman–Crippen LogP) is 2.49. The van der Waals surface area contributed by atoms with Crippen molar-refractivity contribution >= 4 is 11.6 Å². The number of carbonyl (C=O) groups is 1. The highest BCUT2D eigenvalue weighted by Crippen LogP contribution is 2.35. The van der Waals surface area contributed by atoms with Crippen molar-refractivity contribution in [2.45, 2.75) is 57.4 Å². The molecule has 7 heteroatoms. The molecular formula is C16H22N6O. The van der Waals surface area contributed by atoms with E-state index in [1.807, 2.05) is 12.3 Å². The second kappa shape index (κ2) is 6.44. The first-order valence-corrected chi connectivity index (χ1v) is 8.12. The number of pyridine rings is 1. The number of rotatable bonds is 4. The van der Waals surface area contributed by atoms with Crippen LogP contribution < -0.4 is 5.32 Å². The zero-order chi connectivity index (χ0) is 16.3. The van der Waals surface area contributed by atoms with E-state index >= 15 is 0 Å². The summed E-state index contributed by atoms with van der Waals surface area (Å²) in [6, 6.07) is 1.98. The van der Waals surface area contributed by atoms with E-state index in [2.05, 4.69) is 39.7 Å². The molecule has 2 heterocycles. The molecule has 1 aliphatic carbocycles. The topological polar surface area (TPSA) is 85.6 Å². The fourth-order valence-electron chi connectivity index (χ4n) is 3.14. The van der Waals surface area contributed by atoms with Crippen molar-refractivity contribution in [1.82, 2.24) is 25.2 Å². The Labute approximate surface area is 135 Å². The summed E-state index contributed by atoms with van der Waals surface area (Å²) < 4.78 is 1.61. The van der Waals surface area contributed by atoms with Gasteiger partial charge in [-0.1, -0.05) is 33.1 Å². The lowest BCUT2D eigenvalue weighted by atomic mass is 9.81. The van der Waals surface area contributed by atoms with Crippen LogP contribution in [0.4, 0.5) is 5.69 Å². The van der Waals surface area contributed by atoms with Gasteiger partial charge in [0.25, 0.3) is 5.91 Å². The van der Waals surface area contributed by atoms with Crippen molar-refractivity contribution in [1.29, 1.82) is 0 Å². The maximum absolute atomic E-state index is 13.0. The highest BCUT2D eigenvalue weighted by atomic mass is 16.2. The number of anilines is 1. The van der Waals surface area contributed by atoms with Gasteiger partial charge in [-0.2, -0.15) is 0 Å². The van der Waals surface area contributed by atoms with E-state index in [9.17, 15) is 4.79 Å². The number of hydrogen-bond donors (Lipinski definition) is 1. The van der Waals surface area contributed by atoms with Crippen molar-refractivity contribution in [2.24, 2.45) is 0 Å². The van der Waals surface area contributed by atoms with Crippen LogP contribution in [0, 0.1) is 0 Å². The van der Waals surface area contributed by atoms with Crippen molar-refractivity contribution in [3.63, 3.8) is 0 Å². The fourth-order valence-corrected chi connectivity index (χ4v) is 3.14. The Bertz CT molecular complexity index is 661. The highest BCUT2D eigenvalue weighted by molar-refractivity contribution is 5.96. The zero-order valence-corrected chi connectivity index (χ0v) is 13.6. The van der Waals surface area contributed by atoms with Gasteiger partial charge in [0.2, 0.25) is 0 Å². The standard InChI is InChI=1S/C16H22N6O/c1-12(2)13-8-14(10-17-9-13)19-15(23)16(6-4-3-5-7-16)22-11-18-20-21-22/h8-12H,3-7H2,1-2H3,(H,19,23). The van der Waals surface area contributed by atoms with Crippen LogP contribution in [0.25, 0.3) is 0 Å². The van der Waals surface area contributed by atoms with E-state index in [0.717, 1.165) is 43.4 Å². The number of aromatic nitrogens is 5. The third kappa shape index (κ3) is 3.09. The molecular weight excluding hydrogens is 292 g/mol. The molecule has 0 spiro atoms. The van der Waals surface area contributed by atoms with Crippen molar-refractivity contribution in [3.8, 4) is 0 Å². The molecule has 1 aliphatic rings. The van der Waals surface area contributed by atoms with Crippen LogP contribution in [0.15, 0.2) is 24.8 Å². The van der Waals surface area contributed by atoms with Crippen LogP contribution in [0.5, 0.6) is 0 Å². The molecule has 122 valence electrons. The van der Waals surface area contributed by atoms with Gasteiger partial charge in [-0.25, -0.2) is 4.68 Å². The number of nitrogens with one attached hydrogen (secondary N) is 1. The molecule has 2 aromatic rings. The summed E-state index contributed by atoms with van der Waals surface area (Å²) in [7, 11) is 0. The zero-order valence-electron chi connectivity index (χ0n) is 13.6. The molecule has 1 saturated carbocycles. The van der Waals surface area contributed by atoms with Gasteiger partial charge in [0.15, 0.2) is 0 Å². The molecule has 1 fully saturated rings. The smallest absolute Gasteiger partial charge is 0.252 e. The van der Waals surface area contributed by atoms with E-state index in [4.69, 9.17) is 0 Å². The van der Waals surface area contributed by atoms with Gasteiger partial charge < -0.3 is 5.32 Å². The molecule has 23 heavy (non-hydrogen) atoms. The van der Waals surface area contributed by atoms with Gasteiger partial charge in [0, 0.05) is 6.20 Å². The van der Waals surface area contributed by atoms with E-state index in [-0.39, 0.29) is 5.91 Å². The molecule has 0 bridgehead atoms. The lowest BCUT2D eigenvalue weighted by molar-refractivity contribution is -0.126. The van der Waals surface area contributed by atoms with Gasteiger partial charge in [0.1, 0.15) is 11.9 Å². The van der Waals surface area contributed by atoms with Crippen molar-refractivity contribution in [2.75, 3.05) is 5.32 Å². The number of tetrazole rings is 1. The van der Waals surface area contributed by atoms with Crippen LogP contribution in [-0.2, 0) is 10.3 Å². The molecule has 2 aromatic heterocycles. The summed E-state index contributed by atoms with van der Waals surface area (Å²) in [6.45, 7) is 4.21. The van der Waals surface area contributed by atoms with E-state index in [1.54, 1.807) is 10.9 Å². The molecule has 0 atom stereocenters. The summed E-state index contributed by atoms with van der Waals surface area (Å²) in [5.74, 6) is 0.301. The Kier molecular flexibility index (Phi) is 4.36. The second-order valence-electron chi connectivity index (χ2n) is 6.46. The largest absolute Gasteiger partial charge is 0.323 e. The maximum Gasteiger partial charge on any atom is 0.252 e. The average molecular weight is 314 g/mol. The SMILES string of the molecule is CC(C)c1cncc(NC(=O)C2(n3cnnn3)CCCCC2)c1. The average Bonchev–Trinajstić information content (AvgIpc) is 3.10. The molecule has 3 rings (SSSR count). The minimum Gasteiger partial charge on any atom is -0.323 e. The summed E-state index contributed by atoms with van der Waals surface area (Å²) in [6.07, 6.45) is 9.69. The summed E-state index contributed by atoms with van der Waals surface area (Å²) >= 11 is 0. The van der Waals surface area contributed by atoms with Crippen LogP contribution in [0.1, 0.15) is 57.4 Å². The summed E-state index contributed by atoms with van der Waals surface area (Å²) in [5.41, 5.74) is 1.12. The molecule has 0 aromatic carbocycles. The van der Waals surface area contributed by atoms with Gasteiger partial charge >= 0.3 is 0 Å².